The minimum atomic E-state index is -1.06. The van der Waals surface area contributed by atoms with Crippen molar-refractivity contribution in [2.45, 2.75) is 19.0 Å². The van der Waals surface area contributed by atoms with Crippen molar-refractivity contribution in [3.8, 4) is 11.6 Å². The van der Waals surface area contributed by atoms with Crippen LogP contribution in [-0.4, -0.2) is 28.9 Å². The van der Waals surface area contributed by atoms with E-state index in [1.807, 2.05) is 5.32 Å². The SMILES string of the molecule is O=C(CC1NC(=O)NC1=O)NCc1cccnc1Oc1ccc(F)c(F)c1. The van der Waals surface area contributed by atoms with Gasteiger partial charge < -0.3 is 15.4 Å². The topological polar surface area (TPSA) is 109 Å². The monoisotopic (exact) mass is 376 g/mol. The van der Waals surface area contributed by atoms with Gasteiger partial charge in [0.05, 0.1) is 6.42 Å². The number of pyridine rings is 1. The van der Waals surface area contributed by atoms with Crippen LogP contribution in [0.5, 0.6) is 11.6 Å². The number of hydrogen-bond acceptors (Lipinski definition) is 5. The lowest BCUT2D eigenvalue weighted by Gasteiger charge is -2.12. The van der Waals surface area contributed by atoms with Crippen LogP contribution in [0.25, 0.3) is 0 Å². The van der Waals surface area contributed by atoms with E-state index in [9.17, 15) is 23.2 Å². The van der Waals surface area contributed by atoms with Crippen molar-refractivity contribution in [3.05, 3.63) is 53.7 Å². The standard InChI is InChI=1S/C17H14F2N4O4/c18-11-4-3-10(6-12(11)19)27-16-9(2-1-5-20-16)8-21-14(24)7-13-15(25)23-17(26)22-13/h1-6,13H,7-8H2,(H,21,24)(H2,22,23,25,26). The fraction of sp³-hybridized carbons (Fsp3) is 0.176. The molecule has 8 nitrogen and oxygen atoms in total. The number of carbonyl (C=O) groups excluding carboxylic acids is 3. The Labute approximate surface area is 151 Å². The number of rotatable bonds is 6. The number of nitrogens with zero attached hydrogens (tertiary/aromatic N) is 1. The smallest absolute Gasteiger partial charge is 0.322 e. The molecule has 10 heteroatoms. The second-order valence-electron chi connectivity index (χ2n) is 5.64. The van der Waals surface area contributed by atoms with E-state index >= 15 is 0 Å². The number of urea groups is 1. The molecule has 3 N–H and O–H groups in total. The Hall–Kier alpha value is -3.56. The van der Waals surface area contributed by atoms with Crippen molar-refractivity contribution in [3.63, 3.8) is 0 Å². The number of hydrogen-bond donors (Lipinski definition) is 3. The lowest BCUT2D eigenvalue weighted by atomic mass is 10.2. The maximum atomic E-state index is 13.3. The minimum absolute atomic E-state index is 0.0218. The number of benzene rings is 1. The molecule has 0 radical (unpaired) electrons. The van der Waals surface area contributed by atoms with Crippen LogP contribution < -0.4 is 20.7 Å². The molecule has 1 unspecified atom stereocenters. The van der Waals surface area contributed by atoms with E-state index in [0.717, 1.165) is 12.1 Å². The number of amides is 4. The molecule has 1 aliphatic heterocycles. The lowest BCUT2D eigenvalue weighted by molar-refractivity contribution is -0.126. The van der Waals surface area contributed by atoms with Gasteiger partial charge in [-0.3, -0.25) is 14.9 Å². The molecule has 1 saturated heterocycles. The Morgan fingerprint density at radius 2 is 2.04 bits per heavy atom. The first-order valence-electron chi connectivity index (χ1n) is 7.87. The molecular formula is C17H14F2N4O4. The highest BCUT2D eigenvalue weighted by atomic mass is 19.2. The highest BCUT2D eigenvalue weighted by Gasteiger charge is 2.31. The van der Waals surface area contributed by atoms with E-state index in [0.29, 0.717) is 5.56 Å². The zero-order chi connectivity index (χ0) is 19.4. The van der Waals surface area contributed by atoms with Crippen LogP contribution in [0.3, 0.4) is 0 Å². The number of ether oxygens (including phenoxy) is 1. The molecule has 2 aromatic rings. The Bertz CT molecular complexity index is 906. The highest BCUT2D eigenvalue weighted by Crippen LogP contribution is 2.24. The predicted molar refractivity (Wildman–Crippen MR) is 87.6 cm³/mol. The van der Waals surface area contributed by atoms with Crippen molar-refractivity contribution in [2.75, 3.05) is 0 Å². The summed E-state index contributed by atoms with van der Waals surface area (Å²) >= 11 is 0. The number of imide groups is 1. The van der Waals surface area contributed by atoms with Gasteiger partial charge in [0.2, 0.25) is 11.8 Å². The summed E-state index contributed by atoms with van der Waals surface area (Å²) in [6.45, 7) is 0.0218. The fourth-order valence-electron chi connectivity index (χ4n) is 2.36. The van der Waals surface area contributed by atoms with Gasteiger partial charge >= 0.3 is 6.03 Å². The molecule has 0 bridgehead atoms. The van der Waals surface area contributed by atoms with Gasteiger partial charge in [0.1, 0.15) is 11.8 Å². The van der Waals surface area contributed by atoms with Crippen LogP contribution in [0, 0.1) is 11.6 Å². The Morgan fingerprint density at radius 3 is 2.74 bits per heavy atom. The summed E-state index contributed by atoms with van der Waals surface area (Å²) in [6, 6.07) is 4.73. The Kier molecular flexibility index (Phi) is 5.25. The first-order chi connectivity index (χ1) is 12.9. The van der Waals surface area contributed by atoms with Gasteiger partial charge in [0, 0.05) is 24.4 Å². The van der Waals surface area contributed by atoms with Crippen LogP contribution in [-0.2, 0) is 16.1 Å². The van der Waals surface area contributed by atoms with Gasteiger partial charge in [0.15, 0.2) is 11.6 Å². The minimum Gasteiger partial charge on any atom is -0.439 e. The van der Waals surface area contributed by atoms with Crippen LogP contribution in [0.4, 0.5) is 13.6 Å². The van der Waals surface area contributed by atoms with Gasteiger partial charge in [0.25, 0.3) is 5.91 Å². The van der Waals surface area contributed by atoms with Crippen LogP contribution in [0.2, 0.25) is 0 Å². The molecule has 1 aliphatic rings. The molecule has 1 aromatic heterocycles. The molecule has 27 heavy (non-hydrogen) atoms. The Morgan fingerprint density at radius 1 is 1.22 bits per heavy atom. The highest BCUT2D eigenvalue weighted by molar-refractivity contribution is 6.05. The molecule has 1 atom stereocenters. The van der Waals surface area contributed by atoms with E-state index in [1.54, 1.807) is 12.1 Å². The van der Waals surface area contributed by atoms with Gasteiger partial charge in [-0.25, -0.2) is 18.6 Å². The summed E-state index contributed by atoms with van der Waals surface area (Å²) in [5.41, 5.74) is 0.482. The third-order valence-corrected chi connectivity index (χ3v) is 3.68. The zero-order valence-corrected chi connectivity index (χ0v) is 13.8. The molecule has 0 spiro atoms. The maximum absolute atomic E-state index is 13.3. The first-order valence-corrected chi connectivity index (χ1v) is 7.87. The summed E-state index contributed by atoms with van der Waals surface area (Å²) in [5.74, 6) is -2.95. The third-order valence-electron chi connectivity index (χ3n) is 3.68. The number of nitrogens with one attached hydrogen (secondary N) is 3. The van der Waals surface area contributed by atoms with E-state index in [2.05, 4.69) is 15.6 Å². The summed E-state index contributed by atoms with van der Waals surface area (Å²) in [7, 11) is 0. The van der Waals surface area contributed by atoms with Crippen molar-refractivity contribution < 1.29 is 27.9 Å². The summed E-state index contributed by atoms with van der Waals surface area (Å²) < 4.78 is 31.7. The van der Waals surface area contributed by atoms with E-state index in [-0.39, 0.29) is 24.6 Å². The molecule has 0 aliphatic carbocycles. The largest absolute Gasteiger partial charge is 0.439 e. The van der Waals surface area contributed by atoms with Gasteiger partial charge in [-0.1, -0.05) is 6.07 Å². The summed E-state index contributed by atoms with van der Waals surface area (Å²) in [4.78, 5) is 38.5. The van der Waals surface area contributed by atoms with E-state index < -0.39 is 35.5 Å². The molecule has 4 amide bonds. The quantitative estimate of drug-likeness (QED) is 0.660. The van der Waals surface area contributed by atoms with Gasteiger partial charge in [-0.15, -0.1) is 0 Å². The average molecular weight is 376 g/mol. The Balaban J connectivity index is 1.62. The van der Waals surface area contributed by atoms with Crippen molar-refractivity contribution >= 4 is 17.8 Å². The van der Waals surface area contributed by atoms with Gasteiger partial charge in [-0.05, 0) is 18.2 Å². The summed E-state index contributed by atoms with van der Waals surface area (Å²) in [5, 5.41) is 6.94. The molecule has 1 fully saturated rings. The van der Waals surface area contributed by atoms with E-state index in [1.165, 1.54) is 12.3 Å². The molecule has 3 rings (SSSR count). The lowest BCUT2D eigenvalue weighted by Crippen LogP contribution is -2.36. The normalized spacial score (nSPS) is 15.9. The molecular weight excluding hydrogens is 362 g/mol. The second kappa shape index (κ2) is 7.77. The van der Waals surface area contributed by atoms with Crippen LogP contribution in [0.1, 0.15) is 12.0 Å². The van der Waals surface area contributed by atoms with Crippen LogP contribution in [0.15, 0.2) is 36.5 Å². The number of aromatic nitrogens is 1. The predicted octanol–water partition coefficient (Wildman–Crippen LogP) is 1.37. The number of halogens is 2. The zero-order valence-electron chi connectivity index (χ0n) is 13.8. The maximum Gasteiger partial charge on any atom is 0.322 e. The number of carbonyl (C=O) groups is 3. The van der Waals surface area contributed by atoms with Gasteiger partial charge in [-0.2, -0.15) is 0 Å². The third kappa shape index (κ3) is 4.54. The average Bonchev–Trinajstić information content (AvgIpc) is 2.94. The second-order valence-corrected chi connectivity index (χ2v) is 5.64. The molecule has 1 aromatic carbocycles. The van der Waals surface area contributed by atoms with E-state index in [4.69, 9.17) is 4.74 Å². The fourth-order valence-corrected chi connectivity index (χ4v) is 2.36. The molecule has 0 saturated carbocycles. The molecule has 140 valence electrons. The van der Waals surface area contributed by atoms with Crippen LogP contribution >= 0.6 is 0 Å². The first kappa shape index (κ1) is 18.2. The summed E-state index contributed by atoms with van der Waals surface area (Å²) in [6.07, 6.45) is 1.22. The van der Waals surface area contributed by atoms with Crippen molar-refractivity contribution in [1.82, 2.24) is 20.9 Å². The van der Waals surface area contributed by atoms with Crippen molar-refractivity contribution in [1.29, 1.82) is 0 Å². The molecule has 2 heterocycles. The van der Waals surface area contributed by atoms with Crippen molar-refractivity contribution in [2.24, 2.45) is 0 Å².